The summed E-state index contributed by atoms with van der Waals surface area (Å²) in [6.07, 6.45) is 0.439. The first kappa shape index (κ1) is 16.7. The molecule has 0 fully saturated rings. The van der Waals surface area contributed by atoms with Crippen molar-refractivity contribution in [2.75, 3.05) is 6.54 Å². The molecule has 1 aliphatic heterocycles. The molecule has 4 nitrogen and oxygen atoms in total. The maximum absolute atomic E-state index is 13.8. The van der Waals surface area contributed by atoms with Gasteiger partial charge in [-0.25, -0.2) is 18.2 Å². The second-order valence-electron chi connectivity index (χ2n) is 6.31. The van der Waals surface area contributed by atoms with Crippen LogP contribution in [0.2, 0.25) is 0 Å². The zero-order valence-electron chi connectivity index (χ0n) is 13.5. The van der Waals surface area contributed by atoms with E-state index in [0.29, 0.717) is 36.6 Å². The molecule has 1 N–H and O–H groups in total. The Balaban J connectivity index is 1.88. The molecule has 128 valence electrons. The quantitative estimate of drug-likeness (QED) is 0.876. The Morgan fingerprint density at radius 1 is 1.25 bits per heavy atom. The summed E-state index contributed by atoms with van der Waals surface area (Å²) in [7, 11) is 0. The lowest BCUT2D eigenvalue weighted by Gasteiger charge is -2.28. The number of nitrogens with one attached hydrogen (secondary N) is 1. The van der Waals surface area contributed by atoms with Crippen molar-refractivity contribution in [2.45, 2.75) is 39.3 Å². The summed E-state index contributed by atoms with van der Waals surface area (Å²) in [6.45, 7) is 4.52. The van der Waals surface area contributed by atoms with E-state index in [9.17, 15) is 18.0 Å². The summed E-state index contributed by atoms with van der Waals surface area (Å²) in [6, 6.07) is 1.70. The van der Waals surface area contributed by atoms with Crippen LogP contribution < -0.4 is 5.56 Å². The average molecular weight is 337 g/mol. The predicted molar refractivity (Wildman–Crippen MR) is 83.1 cm³/mol. The normalized spacial score (nSPS) is 14.9. The highest BCUT2D eigenvalue weighted by Crippen LogP contribution is 2.22. The fourth-order valence-corrected chi connectivity index (χ4v) is 2.86. The summed E-state index contributed by atoms with van der Waals surface area (Å²) in [5.41, 5.74) is 0.764. The van der Waals surface area contributed by atoms with Crippen LogP contribution in [0.3, 0.4) is 0 Å². The van der Waals surface area contributed by atoms with Gasteiger partial charge in [-0.2, -0.15) is 0 Å². The van der Waals surface area contributed by atoms with Crippen LogP contribution in [0.1, 0.15) is 42.4 Å². The van der Waals surface area contributed by atoms with Gasteiger partial charge in [0.2, 0.25) is 0 Å². The van der Waals surface area contributed by atoms with Crippen LogP contribution in [0.15, 0.2) is 16.9 Å². The van der Waals surface area contributed by atoms with E-state index < -0.39 is 17.5 Å². The number of rotatable bonds is 3. The number of fused-ring (bicyclic) bond motifs is 1. The number of aromatic nitrogens is 2. The van der Waals surface area contributed by atoms with Gasteiger partial charge in [-0.3, -0.25) is 9.69 Å². The van der Waals surface area contributed by atoms with E-state index in [4.69, 9.17) is 0 Å². The Labute approximate surface area is 137 Å². The molecule has 0 aliphatic carbocycles. The SMILES string of the molecule is CC(C)c1nc2c(c(=O)[nH]1)CCN(Cc1c(F)ccc(F)c1F)C2. The lowest BCUT2D eigenvalue weighted by Crippen LogP contribution is -2.36. The van der Waals surface area contributed by atoms with Crippen molar-refractivity contribution in [3.05, 3.63) is 62.6 Å². The molecule has 0 bridgehead atoms. The molecule has 0 atom stereocenters. The highest BCUT2D eigenvalue weighted by Gasteiger charge is 2.24. The first-order chi connectivity index (χ1) is 11.4. The van der Waals surface area contributed by atoms with Crippen LogP contribution in [-0.4, -0.2) is 21.4 Å². The van der Waals surface area contributed by atoms with Crippen LogP contribution >= 0.6 is 0 Å². The zero-order chi connectivity index (χ0) is 17.4. The molecular formula is C17H18F3N3O. The second kappa shape index (κ2) is 6.39. The largest absolute Gasteiger partial charge is 0.310 e. The van der Waals surface area contributed by atoms with Gasteiger partial charge in [-0.1, -0.05) is 13.8 Å². The number of aromatic amines is 1. The fraction of sp³-hybridized carbons (Fsp3) is 0.412. The van der Waals surface area contributed by atoms with Gasteiger partial charge in [0.1, 0.15) is 11.6 Å². The van der Waals surface area contributed by atoms with Gasteiger partial charge >= 0.3 is 0 Å². The molecule has 7 heteroatoms. The first-order valence-corrected chi connectivity index (χ1v) is 7.83. The molecule has 0 unspecified atom stereocenters. The van der Waals surface area contributed by atoms with Crippen LogP contribution in [0.4, 0.5) is 13.2 Å². The van der Waals surface area contributed by atoms with Crippen molar-refractivity contribution in [1.82, 2.24) is 14.9 Å². The van der Waals surface area contributed by atoms with Gasteiger partial charge in [0.25, 0.3) is 5.56 Å². The molecule has 0 saturated heterocycles. The minimum atomic E-state index is -1.16. The Morgan fingerprint density at radius 2 is 1.96 bits per heavy atom. The molecule has 0 saturated carbocycles. The van der Waals surface area contributed by atoms with E-state index in [-0.39, 0.29) is 23.6 Å². The minimum Gasteiger partial charge on any atom is -0.310 e. The number of nitrogens with zero attached hydrogens (tertiary/aromatic N) is 2. The second-order valence-corrected chi connectivity index (χ2v) is 6.31. The maximum atomic E-state index is 13.8. The smallest absolute Gasteiger partial charge is 0.254 e. The van der Waals surface area contributed by atoms with Crippen molar-refractivity contribution in [3.8, 4) is 0 Å². The van der Waals surface area contributed by atoms with E-state index in [1.807, 2.05) is 13.8 Å². The number of hydrogen-bond acceptors (Lipinski definition) is 3. The van der Waals surface area contributed by atoms with Crippen molar-refractivity contribution < 1.29 is 13.2 Å². The molecule has 1 aromatic heterocycles. The Kier molecular flexibility index (Phi) is 4.45. The average Bonchev–Trinajstić information content (AvgIpc) is 2.54. The van der Waals surface area contributed by atoms with E-state index >= 15 is 0 Å². The molecule has 0 amide bonds. The summed E-state index contributed by atoms with van der Waals surface area (Å²) in [4.78, 5) is 21.1. The highest BCUT2D eigenvalue weighted by atomic mass is 19.2. The van der Waals surface area contributed by atoms with Crippen molar-refractivity contribution in [3.63, 3.8) is 0 Å². The van der Waals surface area contributed by atoms with Crippen molar-refractivity contribution in [1.29, 1.82) is 0 Å². The monoisotopic (exact) mass is 337 g/mol. The lowest BCUT2D eigenvalue weighted by molar-refractivity contribution is 0.232. The Bertz CT molecular complexity index is 833. The van der Waals surface area contributed by atoms with Crippen LogP contribution in [-0.2, 0) is 19.5 Å². The minimum absolute atomic E-state index is 0.0662. The van der Waals surface area contributed by atoms with Gasteiger partial charge in [0, 0.05) is 36.7 Å². The van der Waals surface area contributed by atoms with E-state index in [0.717, 1.165) is 12.1 Å². The Morgan fingerprint density at radius 3 is 2.67 bits per heavy atom. The van der Waals surface area contributed by atoms with Gasteiger partial charge in [-0.05, 0) is 18.6 Å². The third kappa shape index (κ3) is 3.08. The number of hydrogen-bond donors (Lipinski definition) is 1. The summed E-state index contributed by atoms with van der Waals surface area (Å²) >= 11 is 0. The highest BCUT2D eigenvalue weighted by molar-refractivity contribution is 5.24. The van der Waals surface area contributed by atoms with Crippen molar-refractivity contribution in [2.24, 2.45) is 0 Å². The molecule has 3 rings (SSSR count). The molecule has 1 aliphatic rings. The summed E-state index contributed by atoms with van der Waals surface area (Å²) in [5.74, 6) is -2.36. The topological polar surface area (TPSA) is 49.0 Å². The maximum Gasteiger partial charge on any atom is 0.254 e. The molecule has 2 aromatic rings. The number of H-pyrrole nitrogens is 1. The lowest BCUT2D eigenvalue weighted by atomic mass is 10.0. The molecule has 2 heterocycles. The van der Waals surface area contributed by atoms with E-state index in [2.05, 4.69) is 9.97 Å². The standard InChI is InChI=1S/C17H18F3N3O/c1-9(2)16-21-14-8-23(6-5-10(14)17(24)22-16)7-11-12(18)3-4-13(19)15(11)20/h3-4,9H,5-8H2,1-2H3,(H,21,22,24). The third-order valence-corrected chi connectivity index (χ3v) is 4.24. The predicted octanol–water partition coefficient (Wildman–Crippen LogP) is 2.87. The molecule has 1 aromatic carbocycles. The summed E-state index contributed by atoms with van der Waals surface area (Å²) in [5, 5.41) is 0. The fourth-order valence-electron chi connectivity index (χ4n) is 2.86. The van der Waals surface area contributed by atoms with E-state index in [1.165, 1.54) is 0 Å². The van der Waals surface area contributed by atoms with Gasteiger partial charge in [0.15, 0.2) is 11.6 Å². The molecule has 0 spiro atoms. The first-order valence-electron chi connectivity index (χ1n) is 7.83. The van der Waals surface area contributed by atoms with Crippen LogP contribution in [0.5, 0.6) is 0 Å². The molecule has 0 radical (unpaired) electrons. The van der Waals surface area contributed by atoms with Crippen LogP contribution in [0, 0.1) is 17.5 Å². The van der Waals surface area contributed by atoms with E-state index in [1.54, 1.807) is 4.90 Å². The van der Waals surface area contributed by atoms with Gasteiger partial charge < -0.3 is 4.98 Å². The van der Waals surface area contributed by atoms with Gasteiger partial charge in [-0.15, -0.1) is 0 Å². The molecular weight excluding hydrogens is 319 g/mol. The van der Waals surface area contributed by atoms with Crippen molar-refractivity contribution >= 4 is 0 Å². The van der Waals surface area contributed by atoms with Gasteiger partial charge in [0.05, 0.1) is 5.69 Å². The summed E-state index contributed by atoms with van der Waals surface area (Å²) < 4.78 is 41.0. The third-order valence-electron chi connectivity index (χ3n) is 4.24. The molecule has 24 heavy (non-hydrogen) atoms. The Hall–Kier alpha value is -2.15. The van der Waals surface area contributed by atoms with Crippen LogP contribution in [0.25, 0.3) is 0 Å². The number of halogens is 3. The number of benzene rings is 1. The zero-order valence-corrected chi connectivity index (χ0v) is 13.5.